The summed E-state index contributed by atoms with van der Waals surface area (Å²) in [6, 6.07) is 14.9. The zero-order valence-electron chi connectivity index (χ0n) is 14.6. The number of nitrogens with zero attached hydrogens (tertiary/aromatic N) is 3. The molecule has 0 spiro atoms. The second kappa shape index (κ2) is 7.53. The van der Waals surface area contributed by atoms with Gasteiger partial charge in [-0.2, -0.15) is 0 Å². The lowest BCUT2D eigenvalue weighted by molar-refractivity contribution is -0.384. The van der Waals surface area contributed by atoms with Crippen LogP contribution in [-0.4, -0.2) is 35.7 Å². The maximum atomic E-state index is 12.2. The molecule has 1 amide bonds. The van der Waals surface area contributed by atoms with E-state index in [1.165, 1.54) is 30.3 Å². The van der Waals surface area contributed by atoms with E-state index < -0.39 is 20.7 Å². The first-order chi connectivity index (χ1) is 13.2. The normalized spacial score (nSPS) is 11.0. The molecule has 9 nitrogen and oxygen atoms in total. The first-order valence-electron chi connectivity index (χ1n) is 7.94. The van der Waals surface area contributed by atoms with E-state index in [0.717, 1.165) is 6.26 Å². The average Bonchev–Trinajstić information content (AvgIpc) is 2.68. The van der Waals surface area contributed by atoms with Crippen LogP contribution >= 0.6 is 0 Å². The Balaban J connectivity index is 1.72. The monoisotopic (exact) mass is 398 g/mol. The second-order valence-electron chi connectivity index (χ2n) is 5.86. The first-order valence-corrected chi connectivity index (χ1v) is 9.83. The lowest BCUT2D eigenvalue weighted by Crippen LogP contribution is -2.11. The van der Waals surface area contributed by atoms with Gasteiger partial charge in [-0.05, 0) is 36.4 Å². The molecule has 142 valence electrons. The van der Waals surface area contributed by atoms with Crippen LogP contribution in [0.5, 0.6) is 0 Å². The van der Waals surface area contributed by atoms with Crippen LogP contribution in [0.2, 0.25) is 0 Å². The molecule has 0 aliphatic heterocycles. The van der Waals surface area contributed by atoms with Crippen LogP contribution in [0, 0.1) is 10.1 Å². The number of hydrogen-bond acceptors (Lipinski definition) is 7. The van der Waals surface area contributed by atoms with Crippen molar-refractivity contribution in [3.05, 3.63) is 76.3 Å². The van der Waals surface area contributed by atoms with Crippen molar-refractivity contribution in [2.45, 2.75) is 5.03 Å². The van der Waals surface area contributed by atoms with Gasteiger partial charge >= 0.3 is 0 Å². The minimum absolute atomic E-state index is 0.0936. The topological polar surface area (TPSA) is 132 Å². The number of rotatable bonds is 5. The van der Waals surface area contributed by atoms with E-state index in [1.807, 2.05) is 0 Å². The van der Waals surface area contributed by atoms with Gasteiger partial charge in [0.1, 0.15) is 0 Å². The quantitative estimate of drug-likeness (QED) is 0.516. The Bertz CT molecular complexity index is 1130. The maximum Gasteiger partial charge on any atom is 0.269 e. The van der Waals surface area contributed by atoms with Crippen LogP contribution in [0.1, 0.15) is 10.4 Å². The van der Waals surface area contributed by atoms with Crippen LogP contribution in [0.15, 0.2) is 65.7 Å². The molecule has 0 unspecified atom stereocenters. The fourth-order valence-electron chi connectivity index (χ4n) is 2.33. The summed E-state index contributed by atoms with van der Waals surface area (Å²) < 4.78 is 22.8. The Hall–Kier alpha value is -3.66. The van der Waals surface area contributed by atoms with E-state index in [2.05, 4.69) is 15.5 Å². The fraction of sp³-hybridized carbons (Fsp3) is 0.0556. The van der Waals surface area contributed by atoms with Gasteiger partial charge in [-0.3, -0.25) is 14.9 Å². The standard InChI is InChI=1S/C18H14N4O5S/c1-28(26,27)17-11-10-16(20-21-17)12-2-6-14(7-3-12)19-18(23)13-4-8-15(9-5-13)22(24)25/h2-11H,1H3,(H,19,23). The lowest BCUT2D eigenvalue weighted by Gasteiger charge is -2.07. The highest BCUT2D eigenvalue weighted by Crippen LogP contribution is 2.20. The number of carbonyl (C=O) groups is 1. The van der Waals surface area contributed by atoms with Gasteiger partial charge < -0.3 is 5.32 Å². The smallest absolute Gasteiger partial charge is 0.269 e. The van der Waals surface area contributed by atoms with E-state index in [9.17, 15) is 23.3 Å². The molecule has 2 aromatic carbocycles. The number of aromatic nitrogens is 2. The molecule has 0 aliphatic rings. The van der Waals surface area contributed by atoms with Crippen LogP contribution in [0.4, 0.5) is 11.4 Å². The van der Waals surface area contributed by atoms with Gasteiger partial charge in [0.25, 0.3) is 11.6 Å². The maximum absolute atomic E-state index is 12.2. The molecular formula is C18H14N4O5S. The van der Waals surface area contributed by atoms with Crippen LogP contribution in [-0.2, 0) is 9.84 Å². The Morgan fingerprint density at radius 3 is 2.11 bits per heavy atom. The van der Waals surface area contributed by atoms with Crippen molar-refractivity contribution in [3.63, 3.8) is 0 Å². The molecule has 1 N–H and O–H groups in total. The molecule has 0 saturated heterocycles. The summed E-state index contributed by atoms with van der Waals surface area (Å²) >= 11 is 0. The predicted octanol–water partition coefficient (Wildman–Crippen LogP) is 2.71. The highest BCUT2D eigenvalue weighted by atomic mass is 32.2. The molecule has 0 saturated carbocycles. The van der Waals surface area contributed by atoms with E-state index in [4.69, 9.17) is 0 Å². The Labute approximate surface area is 160 Å². The second-order valence-corrected chi connectivity index (χ2v) is 7.83. The van der Waals surface area contributed by atoms with Gasteiger partial charge in [-0.25, -0.2) is 8.42 Å². The summed E-state index contributed by atoms with van der Waals surface area (Å²) in [5.41, 5.74) is 1.90. The minimum Gasteiger partial charge on any atom is -0.322 e. The number of sulfone groups is 1. The van der Waals surface area contributed by atoms with Crippen LogP contribution < -0.4 is 5.32 Å². The summed E-state index contributed by atoms with van der Waals surface area (Å²) in [7, 11) is -3.41. The molecule has 0 radical (unpaired) electrons. The Kier molecular flexibility index (Phi) is 5.14. The lowest BCUT2D eigenvalue weighted by atomic mass is 10.1. The Morgan fingerprint density at radius 1 is 0.964 bits per heavy atom. The summed E-state index contributed by atoms with van der Waals surface area (Å²) in [4.78, 5) is 22.3. The molecule has 10 heteroatoms. The first kappa shape index (κ1) is 19.1. The van der Waals surface area contributed by atoms with E-state index in [-0.39, 0.29) is 16.3 Å². The van der Waals surface area contributed by atoms with Crippen molar-refractivity contribution in [2.75, 3.05) is 11.6 Å². The van der Waals surface area contributed by atoms with Crippen molar-refractivity contribution in [3.8, 4) is 11.3 Å². The molecule has 0 aliphatic carbocycles. The number of amides is 1. The number of anilines is 1. The van der Waals surface area contributed by atoms with E-state index in [0.29, 0.717) is 16.9 Å². The number of hydrogen-bond donors (Lipinski definition) is 1. The van der Waals surface area contributed by atoms with Gasteiger partial charge in [-0.15, -0.1) is 10.2 Å². The Morgan fingerprint density at radius 2 is 1.61 bits per heavy atom. The SMILES string of the molecule is CS(=O)(=O)c1ccc(-c2ccc(NC(=O)c3ccc([N+](=O)[O-])cc3)cc2)nn1. The highest BCUT2D eigenvalue weighted by Gasteiger charge is 2.11. The van der Waals surface area contributed by atoms with Crippen molar-refractivity contribution < 1.29 is 18.1 Å². The largest absolute Gasteiger partial charge is 0.322 e. The summed E-state index contributed by atoms with van der Waals surface area (Å²) in [5, 5.41) is 20.8. The minimum atomic E-state index is -3.41. The number of benzene rings is 2. The van der Waals surface area contributed by atoms with Crippen molar-refractivity contribution in [2.24, 2.45) is 0 Å². The number of non-ortho nitro benzene ring substituents is 1. The third kappa shape index (κ3) is 4.35. The molecule has 28 heavy (non-hydrogen) atoms. The molecule has 0 fully saturated rings. The molecule has 1 heterocycles. The predicted molar refractivity (Wildman–Crippen MR) is 102 cm³/mol. The van der Waals surface area contributed by atoms with Gasteiger partial charge in [-0.1, -0.05) is 12.1 Å². The zero-order valence-corrected chi connectivity index (χ0v) is 15.4. The zero-order chi connectivity index (χ0) is 20.3. The molecule has 1 aromatic heterocycles. The van der Waals surface area contributed by atoms with Gasteiger partial charge in [0.2, 0.25) is 0 Å². The third-order valence-corrected chi connectivity index (χ3v) is 4.78. The number of nitro benzene ring substituents is 1. The summed E-state index contributed by atoms with van der Waals surface area (Å²) in [6.07, 6.45) is 1.05. The number of nitro groups is 1. The molecular weight excluding hydrogens is 384 g/mol. The van der Waals surface area contributed by atoms with Crippen LogP contribution in [0.25, 0.3) is 11.3 Å². The molecule has 3 rings (SSSR count). The van der Waals surface area contributed by atoms with Crippen molar-refractivity contribution in [1.82, 2.24) is 10.2 Å². The number of nitrogens with one attached hydrogen (secondary N) is 1. The van der Waals surface area contributed by atoms with Gasteiger partial charge in [0, 0.05) is 35.2 Å². The van der Waals surface area contributed by atoms with Crippen LogP contribution in [0.3, 0.4) is 0 Å². The third-order valence-electron chi connectivity index (χ3n) is 3.80. The van der Waals surface area contributed by atoms with E-state index >= 15 is 0 Å². The van der Waals surface area contributed by atoms with Gasteiger partial charge in [0.15, 0.2) is 14.9 Å². The van der Waals surface area contributed by atoms with E-state index in [1.54, 1.807) is 30.3 Å². The molecule has 0 bridgehead atoms. The fourth-order valence-corrected chi connectivity index (χ4v) is 2.84. The van der Waals surface area contributed by atoms with Gasteiger partial charge in [0.05, 0.1) is 10.6 Å². The highest BCUT2D eigenvalue weighted by molar-refractivity contribution is 7.90. The summed E-state index contributed by atoms with van der Waals surface area (Å²) in [5.74, 6) is -0.403. The molecule has 3 aromatic rings. The van der Waals surface area contributed by atoms with Crippen molar-refractivity contribution >= 4 is 27.1 Å². The summed E-state index contributed by atoms with van der Waals surface area (Å²) in [6.45, 7) is 0. The average molecular weight is 398 g/mol. The number of carbonyl (C=O) groups excluding carboxylic acids is 1. The molecule has 0 atom stereocenters. The van der Waals surface area contributed by atoms with Crippen molar-refractivity contribution in [1.29, 1.82) is 0 Å².